The van der Waals surface area contributed by atoms with E-state index < -0.39 is 0 Å². The Morgan fingerprint density at radius 1 is 1.42 bits per heavy atom. The maximum absolute atomic E-state index is 5.30. The van der Waals surface area contributed by atoms with E-state index in [1.807, 2.05) is 18.2 Å². The minimum absolute atomic E-state index is 0.484. The summed E-state index contributed by atoms with van der Waals surface area (Å²) in [7, 11) is 3.19. The van der Waals surface area contributed by atoms with Crippen LogP contribution in [0.1, 0.15) is 5.56 Å². The highest BCUT2D eigenvalue weighted by Gasteiger charge is 2.09. The fourth-order valence-electron chi connectivity index (χ4n) is 1.41. The van der Waals surface area contributed by atoms with E-state index in [1.54, 1.807) is 26.5 Å². The van der Waals surface area contributed by atoms with Crippen molar-refractivity contribution in [1.29, 1.82) is 0 Å². The molecule has 19 heavy (non-hydrogen) atoms. The van der Waals surface area contributed by atoms with Gasteiger partial charge in [0.15, 0.2) is 11.5 Å². The summed E-state index contributed by atoms with van der Waals surface area (Å²) in [5.74, 6) is 1.33. The molecule has 0 aromatic heterocycles. The molecule has 5 nitrogen and oxygen atoms in total. The van der Waals surface area contributed by atoms with Gasteiger partial charge >= 0.3 is 0 Å². The minimum atomic E-state index is 0.484. The lowest BCUT2D eigenvalue weighted by atomic mass is 10.2. The van der Waals surface area contributed by atoms with E-state index in [2.05, 4.69) is 22.4 Å². The van der Waals surface area contributed by atoms with Crippen molar-refractivity contribution in [3.05, 3.63) is 36.4 Å². The van der Waals surface area contributed by atoms with Gasteiger partial charge in [-0.15, -0.1) is 17.1 Å². The van der Waals surface area contributed by atoms with Gasteiger partial charge < -0.3 is 14.8 Å². The Balaban J connectivity index is 2.71. The van der Waals surface area contributed by atoms with Crippen LogP contribution in [-0.4, -0.2) is 32.1 Å². The van der Waals surface area contributed by atoms with E-state index >= 15 is 0 Å². The first kappa shape index (κ1) is 15.0. The molecule has 0 saturated heterocycles. The second-order valence-electron chi connectivity index (χ2n) is 3.50. The Labute approximate surface area is 118 Å². The molecule has 0 aliphatic carbocycles. The van der Waals surface area contributed by atoms with Gasteiger partial charge in [0.2, 0.25) is 11.3 Å². The van der Waals surface area contributed by atoms with Crippen LogP contribution in [0, 0.1) is 0 Å². The fourth-order valence-corrected chi connectivity index (χ4v) is 1.56. The molecule has 0 radical (unpaired) electrons. The third kappa shape index (κ3) is 4.59. The van der Waals surface area contributed by atoms with Gasteiger partial charge in [-0.3, -0.25) is 0 Å². The number of hydrogen-bond donors (Lipinski definition) is 3. The van der Waals surface area contributed by atoms with Gasteiger partial charge in [-0.25, -0.2) is 0 Å². The van der Waals surface area contributed by atoms with E-state index in [4.69, 9.17) is 21.7 Å². The zero-order chi connectivity index (χ0) is 14.1. The molecule has 0 aliphatic heterocycles. The quantitative estimate of drug-likeness (QED) is 0.291. The van der Waals surface area contributed by atoms with E-state index in [0.717, 1.165) is 5.56 Å². The predicted octanol–water partition coefficient (Wildman–Crippen LogP) is -0.232. The third-order valence-electron chi connectivity index (χ3n) is 2.25. The molecule has 3 N–H and O–H groups in total. The largest absolute Gasteiger partial charge is 0.493 e. The first-order valence-electron chi connectivity index (χ1n) is 5.67. The highest BCUT2D eigenvalue weighted by Crippen LogP contribution is 2.28. The Kier molecular flexibility index (Phi) is 6.38. The van der Waals surface area contributed by atoms with Crippen molar-refractivity contribution in [2.45, 2.75) is 0 Å². The van der Waals surface area contributed by atoms with E-state index in [-0.39, 0.29) is 0 Å². The normalized spacial score (nSPS) is 10.0. The lowest BCUT2D eigenvalue weighted by Crippen LogP contribution is -2.82. The summed E-state index contributed by atoms with van der Waals surface area (Å²) in [5.41, 5.74) is 3.67. The van der Waals surface area contributed by atoms with Gasteiger partial charge in [0, 0.05) is 6.54 Å². The SMILES string of the molecule is C=CCNC(=S)N[NH+]=Cc1cccc(OC)c1OC. The van der Waals surface area contributed by atoms with Crippen LogP contribution in [0.3, 0.4) is 0 Å². The van der Waals surface area contributed by atoms with Crippen LogP contribution in [0.2, 0.25) is 0 Å². The van der Waals surface area contributed by atoms with Gasteiger partial charge in [0.25, 0.3) is 0 Å². The summed E-state index contributed by atoms with van der Waals surface area (Å²) in [6.45, 7) is 4.20. The average molecular weight is 280 g/mol. The van der Waals surface area contributed by atoms with Crippen molar-refractivity contribution < 1.29 is 14.6 Å². The van der Waals surface area contributed by atoms with E-state index in [1.165, 1.54) is 0 Å². The van der Waals surface area contributed by atoms with E-state index in [9.17, 15) is 0 Å². The molecule has 102 valence electrons. The van der Waals surface area contributed by atoms with Gasteiger partial charge in [-0.1, -0.05) is 12.1 Å². The second-order valence-corrected chi connectivity index (χ2v) is 3.90. The molecule has 1 rings (SSSR count). The van der Waals surface area contributed by atoms with Gasteiger partial charge in [-0.2, -0.15) is 0 Å². The molecular formula is C13H18N3O2S+. The number of ether oxygens (including phenoxy) is 2. The first-order chi connectivity index (χ1) is 9.22. The Bertz CT molecular complexity index is 475. The van der Waals surface area contributed by atoms with Crippen molar-refractivity contribution >= 4 is 23.5 Å². The molecule has 6 heteroatoms. The maximum atomic E-state index is 5.30. The smallest absolute Gasteiger partial charge is 0.224 e. The summed E-state index contributed by atoms with van der Waals surface area (Å²) in [6, 6.07) is 5.61. The summed E-state index contributed by atoms with van der Waals surface area (Å²) < 4.78 is 10.5. The van der Waals surface area contributed by atoms with E-state index in [0.29, 0.717) is 23.2 Å². The summed E-state index contributed by atoms with van der Waals surface area (Å²) in [4.78, 5) is 0. The van der Waals surface area contributed by atoms with Crippen LogP contribution in [0.25, 0.3) is 0 Å². The van der Waals surface area contributed by atoms with Crippen LogP contribution in [-0.2, 0) is 0 Å². The number of rotatable bonds is 6. The zero-order valence-corrected chi connectivity index (χ0v) is 11.8. The molecule has 0 amide bonds. The minimum Gasteiger partial charge on any atom is -0.493 e. The van der Waals surface area contributed by atoms with Gasteiger partial charge in [0.1, 0.15) is 0 Å². The van der Waals surface area contributed by atoms with Crippen LogP contribution >= 0.6 is 12.2 Å². The van der Waals surface area contributed by atoms with Crippen LogP contribution in [0.4, 0.5) is 0 Å². The molecular weight excluding hydrogens is 262 g/mol. The van der Waals surface area contributed by atoms with Gasteiger partial charge in [0.05, 0.1) is 19.8 Å². The second kappa shape index (κ2) is 8.10. The summed E-state index contributed by atoms with van der Waals surface area (Å²) in [6.07, 6.45) is 3.46. The number of para-hydroxylation sites is 1. The molecule has 1 aromatic carbocycles. The highest BCUT2D eigenvalue weighted by molar-refractivity contribution is 7.80. The molecule has 0 bridgehead atoms. The van der Waals surface area contributed by atoms with Crippen molar-refractivity contribution in [2.24, 2.45) is 0 Å². The van der Waals surface area contributed by atoms with Crippen molar-refractivity contribution in [2.75, 3.05) is 20.8 Å². The van der Waals surface area contributed by atoms with Crippen molar-refractivity contribution in [3.8, 4) is 11.5 Å². The number of hydrogen-bond acceptors (Lipinski definition) is 3. The predicted molar refractivity (Wildman–Crippen MR) is 79.6 cm³/mol. The molecule has 0 unspecified atom stereocenters. The summed E-state index contributed by atoms with van der Waals surface area (Å²) >= 11 is 5.04. The number of hydrazone groups is 1. The number of thiocarbonyl (C=S) groups is 1. The van der Waals surface area contributed by atoms with Crippen molar-refractivity contribution in [3.63, 3.8) is 0 Å². The molecule has 0 aliphatic rings. The molecule has 0 atom stereocenters. The zero-order valence-electron chi connectivity index (χ0n) is 11.0. The molecule has 0 spiro atoms. The average Bonchev–Trinajstić information content (AvgIpc) is 2.44. The monoisotopic (exact) mass is 280 g/mol. The first-order valence-corrected chi connectivity index (χ1v) is 6.08. The topological polar surface area (TPSA) is 56.5 Å². The Morgan fingerprint density at radius 3 is 2.84 bits per heavy atom. The van der Waals surface area contributed by atoms with Crippen LogP contribution in [0.15, 0.2) is 30.9 Å². The molecule has 0 heterocycles. The number of nitrogens with one attached hydrogen (secondary N) is 3. The summed E-state index contributed by atoms with van der Waals surface area (Å²) in [5, 5.41) is 6.31. The maximum Gasteiger partial charge on any atom is 0.224 e. The molecule has 0 saturated carbocycles. The molecule has 0 fully saturated rings. The standard InChI is InChI=1S/C13H17N3O2S/c1-4-8-14-13(19)16-15-9-10-6-5-7-11(17-2)12(10)18-3/h4-7,9H,1,8H2,2-3H3,(H2,14,16,19)/p+1. The number of methoxy groups -OCH3 is 2. The Morgan fingerprint density at radius 2 is 2.21 bits per heavy atom. The number of hydrazine groups is 1. The fraction of sp³-hybridized carbons (Fsp3) is 0.231. The number of benzene rings is 1. The van der Waals surface area contributed by atoms with Crippen molar-refractivity contribution in [1.82, 2.24) is 10.7 Å². The lowest BCUT2D eigenvalue weighted by molar-refractivity contribution is -0.500. The lowest BCUT2D eigenvalue weighted by Gasteiger charge is -2.08. The van der Waals surface area contributed by atoms with Crippen LogP contribution in [0.5, 0.6) is 11.5 Å². The van der Waals surface area contributed by atoms with Crippen LogP contribution < -0.4 is 25.3 Å². The highest BCUT2D eigenvalue weighted by atomic mass is 32.1. The Hall–Kier alpha value is -2.08. The third-order valence-corrected chi connectivity index (χ3v) is 2.50. The van der Waals surface area contributed by atoms with Gasteiger partial charge in [-0.05, 0) is 24.4 Å². The molecule has 1 aromatic rings.